The SMILES string of the molecule is COc1ccc(-c2cccc3c2CCC3=O)c(OCC(=O)OC2CCC2)c1OC. The lowest BCUT2D eigenvalue weighted by atomic mass is 9.95. The van der Waals surface area contributed by atoms with Crippen LogP contribution in [-0.4, -0.2) is 38.7 Å². The maximum absolute atomic E-state index is 12.2. The van der Waals surface area contributed by atoms with Gasteiger partial charge in [0.15, 0.2) is 23.9 Å². The Bertz CT molecular complexity index is 945. The van der Waals surface area contributed by atoms with Gasteiger partial charge in [0.05, 0.1) is 14.2 Å². The summed E-state index contributed by atoms with van der Waals surface area (Å²) in [5, 5.41) is 0. The van der Waals surface area contributed by atoms with Crippen LogP contribution in [0.1, 0.15) is 41.6 Å². The molecule has 2 aliphatic carbocycles. The number of ether oxygens (including phenoxy) is 4. The Morgan fingerprint density at radius 3 is 2.45 bits per heavy atom. The molecule has 4 rings (SSSR count). The molecular weight excluding hydrogens is 372 g/mol. The Morgan fingerprint density at radius 1 is 0.966 bits per heavy atom. The number of fused-ring (bicyclic) bond motifs is 1. The van der Waals surface area contributed by atoms with Gasteiger partial charge in [0.25, 0.3) is 0 Å². The topological polar surface area (TPSA) is 71.1 Å². The predicted molar refractivity (Wildman–Crippen MR) is 107 cm³/mol. The number of hydrogen-bond acceptors (Lipinski definition) is 6. The zero-order valence-corrected chi connectivity index (χ0v) is 16.7. The van der Waals surface area contributed by atoms with Crippen LogP contribution in [0.15, 0.2) is 30.3 Å². The zero-order valence-electron chi connectivity index (χ0n) is 16.7. The zero-order chi connectivity index (χ0) is 20.4. The number of benzene rings is 2. The number of esters is 1. The van der Waals surface area contributed by atoms with Gasteiger partial charge in [-0.25, -0.2) is 4.79 Å². The summed E-state index contributed by atoms with van der Waals surface area (Å²) in [5.74, 6) is 1.06. The van der Waals surface area contributed by atoms with Crippen LogP contribution in [0.2, 0.25) is 0 Å². The van der Waals surface area contributed by atoms with Crippen molar-refractivity contribution in [2.75, 3.05) is 20.8 Å². The number of Topliss-reactive ketones (excluding diaryl/α,β-unsaturated/α-hetero) is 1. The van der Waals surface area contributed by atoms with Gasteiger partial charge >= 0.3 is 5.97 Å². The van der Waals surface area contributed by atoms with E-state index in [-0.39, 0.29) is 18.5 Å². The first kappa shape index (κ1) is 19.3. The van der Waals surface area contributed by atoms with E-state index < -0.39 is 5.97 Å². The van der Waals surface area contributed by atoms with Crippen molar-refractivity contribution in [2.24, 2.45) is 0 Å². The fourth-order valence-corrected chi connectivity index (χ4v) is 3.84. The highest BCUT2D eigenvalue weighted by Gasteiger charge is 2.27. The van der Waals surface area contributed by atoms with E-state index in [4.69, 9.17) is 18.9 Å². The molecule has 1 saturated carbocycles. The fourth-order valence-electron chi connectivity index (χ4n) is 3.84. The fraction of sp³-hybridized carbons (Fsp3) is 0.391. The van der Waals surface area contributed by atoms with E-state index in [1.807, 2.05) is 24.3 Å². The minimum absolute atomic E-state index is 0.00109. The monoisotopic (exact) mass is 396 g/mol. The number of carbonyl (C=O) groups excluding carboxylic acids is 2. The largest absolute Gasteiger partial charge is 0.493 e. The van der Waals surface area contributed by atoms with Crippen molar-refractivity contribution in [3.63, 3.8) is 0 Å². The summed E-state index contributed by atoms with van der Waals surface area (Å²) in [4.78, 5) is 24.4. The van der Waals surface area contributed by atoms with E-state index in [1.165, 1.54) is 7.11 Å². The number of ketones is 1. The first-order chi connectivity index (χ1) is 14.1. The number of rotatable bonds is 7. The van der Waals surface area contributed by atoms with Crippen molar-refractivity contribution < 1.29 is 28.5 Å². The van der Waals surface area contributed by atoms with E-state index in [2.05, 4.69) is 0 Å². The third-order valence-electron chi connectivity index (χ3n) is 5.55. The van der Waals surface area contributed by atoms with Crippen LogP contribution in [0.25, 0.3) is 11.1 Å². The molecular formula is C23H24O6. The molecule has 0 unspecified atom stereocenters. The van der Waals surface area contributed by atoms with E-state index in [0.717, 1.165) is 41.5 Å². The summed E-state index contributed by atoms with van der Waals surface area (Å²) in [5.41, 5.74) is 3.39. The van der Waals surface area contributed by atoms with Crippen LogP contribution in [-0.2, 0) is 16.0 Å². The number of methoxy groups -OCH3 is 2. The standard InChI is InChI=1S/C23H24O6/c1-26-20-12-10-18(15-7-4-8-17-16(15)9-11-19(17)24)22(23(20)27-2)28-13-21(25)29-14-5-3-6-14/h4,7-8,10,12,14H,3,5-6,9,11,13H2,1-2H3. The van der Waals surface area contributed by atoms with Crippen LogP contribution in [0, 0.1) is 0 Å². The van der Waals surface area contributed by atoms with Crippen LogP contribution in [0.3, 0.4) is 0 Å². The summed E-state index contributed by atoms with van der Waals surface area (Å²) in [7, 11) is 3.07. The minimum atomic E-state index is -0.404. The molecule has 0 radical (unpaired) electrons. The summed E-state index contributed by atoms with van der Waals surface area (Å²) in [6, 6.07) is 9.34. The average molecular weight is 396 g/mol. The first-order valence-corrected chi connectivity index (χ1v) is 9.85. The molecule has 0 bridgehead atoms. The van der Waals surface area contributed by atoms with Gasteiger partial charge in [0, 0.05) is 17.5 Å². The molecule has 152 valence electrons. The number of hydrogen-bond donors (Lipinski definition) is 0. The van der Waals surface area contributed by atoms with Crippen LogP contribution >= 0.6 is 0 Å². The summed E-state index contributed by atoms with van der Waals surface area (Å²) >= 11 is 0. The first-order valence-electron chi connectivity index (χ1n) is 9.85. The second-order valence-corrected chi connectivity index (χ2v) is 7.26. The Labute approximate surface area is 169 Å². The lowest BCUT2D eigenvalue weighted by Crippen LogP contribution is -2.28. The quantitative estimate of drug-likeness (QED) is 0.660. The molecule has 0 N–H and O–H groups in total. The third kappa shape index (κ3) is 3.67. The predicted octanol–water partition coefficient (Wildman–Crippen LogP) is 3.97. The average Bonchev–Trinajstić information content (AvgIpc) is 3.09. The second-order valence-electron chi connectivity index (χ2n) is 7.26. The molecule has 6 heteroatoms. The normalized spacial score (nSPS) is 15.4. The highest BCUT2D eigenvalue weighted by Crippen LogP contribution is 2.46. The molecule has 0 atom stereocenters. The van der Waals surface area contributed by atoms with Crippen LogP contribution < -0.4 is 14.2 Å². The number of carbonyl (C=O) groups is 2. The minimum Gasteiger partial charge on any atom is -0.493 e. The van der Waals surface area contributed by atoms with Gasteiger partial charge < -0.3 is 18.9 Å². The molecule has 2 aromatic rings. The molecule has 29 heavy (non-hydrogen) atoms. The van der Waals surface area contributed by atoms with Gasteiger partial charge in [0.1, 0.15) is 6.10 Å². The van der Waals surface area contributed by atoms with Gasteiger partial charge in [-0.3, -0.25) is 4.79 Å². The van der Waals surface area contributed by atoms with Gasteiger partial charge in [0.2, 0.25) is 5.75 Å². The summed E-state index contributed by atoms with van der Waals surface area (Å²) in [6.07, 6.45) is 4.09. The molecule has 2 aromatic carbocycles. The van der Waals surface area contributed by atoms with Crippen molar-refractivity contribution >= 4 is 11.8 Å². The van der Waals surface area contributed by atoms with Gasteiger partial charge in [-0.15, -0.1) is 0 Å². The van der Waals surface area contributed by atoms with E-state index >= 15 is 0 Å². The van der Waals surface area contributed by atoms with E-state index in [9.17, 15) is 9.59 Å². The van der Waals surface area contributed by atoms with Crippen molar-refractivity contribution in [1.29, 1.82) is 0 Å². The van der Waals surface area contributed by atoms with Crippen LogP contribution in [0.4, 0.5) is 0 Å². The van der Waals surface area contributed by atoms with E-state index in [0.29, 0.717) is 30.1 Å². The lowest BCUT2D eigenvalue weighted by molar-refractivity contribution is -0.155. The summed E-state index contributed by atoms with van der Waals surface area (Å²) < 4.78 is 22.2. The molecule has 1 fully saturated rings. The summed E-state index contributed by atoms with van der Waals surface area (Å²) in [6.45, 7) is -0.221. The third-order valence-corrected chi connectivity index (χ3v) is 5.55. The highest BCUT2D eigenvalue weighted by molar-refractivity contribution is 6.02. The maximum Gasteiger partial charge on any atom is 0.344 e. The maximum atomic E-state index is 12.2. The Morgan fingerprint density at radius 2 is 1.76 bits per heavy atom. The van der Waals surface area contributed by atoms with Crippen LogP contribution in [0.5, 0.6) is 17.2 Å². The van der Waals surface area contributed by atoms with Gasteiger partial charge in [-0.1, -0.05) is 18.2 Å². The Hall–Kier alpha value is -3.02. The smallest absolute Gasteiger partial charge is 0.344 e. The molecule has 2 aliphatic rings. The van der Waals surface area contributed by atoms with Crippen molar-refractivity contribution in [1.82, 2.24) is 0 Å². The highest BCUT2D eigenvalue weighted by atomic mass is 16.6. The molecule has 6 nitrogen and oxygen atoms in total. The Balaban J connectivity index is 1.70. The van der Waals surface area contributed by atoms with Crippen molar-refractivity contribution in [3.8, 4) is 28.4 Å². The molecule has 0 saturated heterocycles. The van der Waals surface area contributed by atoms with Crippen molar-refractivity contribution in [2.45, 2.75) is 38.2 Å². The lowest BCUT2D eigenvalue weighted by Gasteiger charge is -2.25. The van der Waals surface area contributed by atoms with Crippen molar-refractivity contribution in [3.05, 3.63) is 41.5 Å². The molecule has 0 aliphatic heterocycles. The molecule has 0 heterocycles. The Kier molecular flexibility index (Phi) is 5.43. The van der Waals surface area contributed by atoms with Gasteiger partial charge in [-0.05, 0) is 48.9 Å². The molecule has 0 aromatic heterocycles. The van der Waals surface area contributed by atoms with Gasteiger partial charge in [-0.2, -0.15) is 0 Å². The molecule has 0 spiro atoms. The van der Waals surface area contributed by atoms with E-state index in [1.54, 1.807) is 13.2 Å². The molecule has 0 amide bonds. The second kappa shape index (κ2) is 8.15.